The lowest BCUT2D eigenvalue weighted by atomic mass is 9.73. The summed E-state index contributed by atoms with van der Waals surface area (Å²) in [5, 5.41) is 31.3. The molecule has 3 fully saturated rings. The predicted octanol–water partition coefficient (Wildman–Crippen LogP) is 3.59. The number of aliphatic hydroxyl groups is 1. The zero-order valence-corrected chi connectivity index (χ0v) is 36.4. The van der Waals surface area contributed by atoms with E-state index in [1.54, 1.807) is 20.9 Å². The van der Waals surface area contributed by atoms with Crippen LogP contribution in [0.2, 0.25) is 0 Å². The number of Topliss-reactive ketones (excluding diaryl/α,β-unsaturated/α-hetero) is 1. The monoisotopic (exact) mass is 829 g/mol. The number of oxime groups is 1. The van der Waals surface area contributed by atoms with Gasteiger partial charge in [-0.15, -0.1) is 21.5 Å². The number of aromatic nitrogens is 4. The third kappa shape index (κ3) is 9.55. The van der Waals surface area contributed by atoms with Gasteiger partial charge in [0.05, 0.1) is 46.4 Å². The summed E-state index contributed by atoms with van der Waals surface area (Å²) in [4.78, 5) is 51.7. The van der Waals surface area contributed by atoms with E-state index in [0.29, 0.717) is 24.4 Å². The Labute approximate surface area is 344 Å². The molecule has 2 aromatic rings. The number of ether oxygens (including phenoxy) is 5. The number of carbonyl (C=O) groups is 3. The second-order valence-electron chi connectivity index (χ2n) is 16.3. The molecule has 2 N–H and O–H groups in total. The molecule has 3 aliphatic heterocycles. The number of amides is 1. The van der Waals surface area contributed by atoms with Crippen LogP contribution in [-0.2, 0) is 45.2 Å². The van der Waals surface area contributed by atoms with Gasteiger partial charge >= 0.3 is 12.1 Å². The van der Waals surface area contributed by atoms with Gasteiger partial charge in [0, 0.05) is 23.8 Å². The third-order valence-electron chi connectivity index (χ3n) is 11.7. The normalized spacial score (nSPS) is 37.0. The van der Waals surface area contributed by atoms with E-state index in [1.807, 2.05) is 65.7 Å². The molecule has 2 aromatic heterocycles. The number of likely N-dealkylation sites (N-methyl/N-ethyl adjacent to an activating group) is 1. The molecule has 0 unspecified atom stereocenters. The van der Waals surface area contributed by atoms with Gasteiger partial charge in [0.1, 0.15) is 31.8 Å². The van der Waals surface area contributed by atoms with E-state index < -0.39 is 83.4 Å². The van der Waals surface area contributed by atoms with Crippen molar-refractivity contribution in [2.45, 2.75) is 129 Å². The Balaban J connectivity index is 1.59. The first kappa shape index (κ1) is 45.1. The molecule has 0 saturated carbocycles. The summed E-state index contributed by atoms with van der Waals surface area (Å²) in [6.07, 6.45) is -4.11. The van der Waals surface area contributed by atoms with Gasteiger partial charge in [0.2, 0.25) is 5.82 Å². The first-order valence-electron chi connectivity index (χ1n) is 19.8. The number of tetrazole rings is 1. The maximum absolute atomic E-state index is 14.5. The molecule has 17 nitrogen and oxygen atoms in total. The molecular formula is C40H59N7O10S. The van der Waals surface area contributed by atoms with E-state index in [-0.39, 0.29) is 25.2 Å². The number of carbonyl (C=O) groups excluding carboxylic acids is 3. The van der Waals surface area contributed by atoms with Crippen LogP contribution in [0, 0.1) is 35.5 Å². The number of nitrogens with one attached hydrogen (secondary N) is 1. The molecule has 0 spiro atoms. The Kier molecular flexibility index (Phi) is 14.4. The molecule has 0 aliphatic carbocycles. The summed E-state index contributed by atoms with van der Waals surface area (Å²) in [5.41, 5.74) is -2.08. The van der Waals surface area contributed by atoms with Crippen molar-refractivity contribution in [3.63, 3.8) is 0 Å². The van der Waals surface area contributed by atoms with Crippen molar-refractivity contribution in [1.82, 2.24) is 30.4 Å². The maximum atomic E-state index is 14.5. The second kappa shape index (κ2) is 18.5. The molecule has 13 atom stereocenters. The molecule has 320 valence electrons. The van der Waals surface area contributed by atoms with Crippen molar-refractivity contribution >= 4 is 34.9 Å². The number of hydrogen-bond donors (Lipinski definition) is 2. The van der Waals surface area contributed by atoms with Crippen molar-refractivity contribution in [1.29, 1.82) is 0 Å². The van der Waals surface area contributed by atoms with Crippen LogP contribution in [0.1, 0.15) is 79.5 Å². The molecule has 5 rings (SSSR count). The standard InChI is InChI=1S/C40H59N7O10S/c1-13-29-40(8)33(41-38(51)57-40)23(4)30(44-52-12)21(2)20-39(7,53-18-14-15-26-16-17-28(58-26)35-42-45-47(11)43-35)34(24(5)31(48)25(6)36(50)55-29)56-37-32(49)27(46(9)10)19-22(3)54-37/h16-17,21-25,27,29,32-34,37,49H,13,18-20H2,1-12H3,(H,41,51)/b44-30+/t21-,22-,23+,24+,25-,27+,29-,32-,33-,34-,37+,39+,40-/m1/s1. The molecule has 1 amide bonds. The average molecular weight is 830 g/mol. The van der Waals surface area contributed by atoms with Crippen LogP contribution in [0.15, 0.2) is 17.3 Å². The summed E-state index contributed by atoms with van der Waals surface area (Å²) in [6, 6.07) is 2.73. The summed E-state index contributed by atoms with van der Waals surface area (Å²) in [6.45, 7) is 14.2. The summed E-state index contributed by atoms with van der Waals surface area (Å²) < 4.78 is 31.7. The minimum atomic E-state index is -1.34. The fourth-order valence-electron chi connectivity index (χ4n) is 8.65. The Morgan fingerprint density at radius 3 is 2.50 bits per heavy atom. The van der Waals surface area contributed by atoms with Gasteiger partial charge in [-0.05, 0) is 78.4 Å². The Morgan fingerprint density at radius 1 is 1.14 bits per heavy atom. The first-order valence-corrected chi connectivity index (χ1v) is 20.6. The molecule has 0 radical (unpaired) electrons. The number of cyclic esters (lactones) is 1. The highest BCUT2D eigenvalue weighted by atomic mass is 32.1. The largest absolute Gasteiger partial charge is 0.458 e. The number of aliphatic hydroxyl groups excluding tert-OH is 1. The van der Waals surface area contributed by atoms with Gasteiger partial charge in [-0.25, -0.2) is 4.79 Å². The van der Waals surface area contributed by atoms with E-state index in [1.165, 1.54) is 30.2 Å². The van der Waals surface area contributed by atoms with Crippen molar-refractivity contribution < 1.29 is 48.0 Å². The first-order chi connectivity index (χ1) is 27.3. The number of aryl methyl sites for hydroxylation is 1. The number of alkyl carbamates (subject to hydrolysis) is 1. The molecule has 3 saturated heterocycles. The Hall–Kier alpha value is -3.99. The van der Waals surface area contributed by atoms with Gasteiger partial charge in [0.15, 0.2) is 17.7 Å². The number of thiophene rings is 1. The van der Waals surface area contributed by atoms with Gasteiger partial charge in [0.25, 0.3) is 0 Å². The van der Waals surface area contributed by atoms with Crippen LogP contribution in [0.5, 0.6) is 0 Å². The molecule has 18 heteroatoms. The highest BCUT2D eigenvalue weighted by Crippen LogP contribution is 2.41. The van der Waals surface area contributed by atoms with Crippen molar-refractivity contribution in [3.8, 4) is 22.5 Å². The zero-order chi connectivity index (χ0) is 42.7. The summed E-state index contributed by atoms with van der Waals surface area (Å²) in [7, 11) is 6.89. The van der Waals surface area contributed by atoms with Gasteiger partial charge < -0.3 is 43.8 Å². The van der Waals surface area contributed by atoms with Gasteiger partial charge in [-0.1, -0.05) is 44.7 Å². The predicted molar refractivity (Wildman–Crippen MR) is 213 cm³/mol. The lowest BCUT2D eigenvalue weighted by molar-refractivity contribution is -0.296. The molecule has 0 aromatic carbocycles. The van der Waals surface area contributed by atoms with Crippen LogP contribution in [0.3, 0.4) is 0 Å². The lowest BCUT2D eigenvalue weighted by Crippen LogP contribution is -2.60. The highest BCUT2D eigenvalue weighted by Gasteiger charge is 2.57. The minimum Gasteiger partial charge on any atom is -0.458 e. The summed E-state index contributed by atoms with van der Waals surface area (Å²) in [5.74, 6) is 2.38. The SMILES string of the molecule is CC[C@H]1OC(=O)[C@H](C)C(=O)[C@H](C)[C@@H](O[C@@H]2O[C@H](C)C[C@H](N(C)C)[C@H]2O)[C@@](C)(OCC#Cc2ccc(-c3nnn(C)n3)s2)C[C@@H](C)/C(=N\OC)[C@H](C)[C@H]2NC(=O)O[C@@]21C. The molecular weight excluding hydrogens is 771 g/mol. The zero-order valence-electron chi connectivity index (χ0n) is 35.5. The number of fused-ring (bicyclic) bond motifs is 1. The number of nitrogens with zero attached hydrogens (tertiary/aromatic N) is 6. The van der Waals surface area contributed by atoms with Crippen molar-refractivity contribution in [2.75, 3.05) is 27.8 Å². The van der Waals surface area contributed by atoms with Crippen molar-refractivity contribution in [3.05, 3.63) is 17.0 Å². The van der Waals surface area contributed by atoms with Gasteiger partial charge in [-0.3, -0.25) is 9.59 Å². The van der Waals surface area contributed by atoms with Gasteiger partial charge in [-0.2, -0.15) is 4.80 Å². The van der Waals surface area contributed by atoms with Crippen LogP contribution in [-0.4, -0.2) is 136 Å². The third-order valence-corrected chi connectivity index (χ3v) is 12.7. The Bertz CT molecular complexity index is 1880. The number of hydrogen-bond acceptors (Lipinski definition) is 16. The van der Waals surface area contributed by atoms with E-state index >= 15 is 0 Å². The fraction of sp³-hybridized carbons (Fsp3) is 0.725. The molecule has 3 aliphatic rings. The van der Waals surface area contributed by atoms with Crippen LogP contribution < -0.4 is 5.32 Å². The topological polar surface area (TPSA) is 198 Å². The Morgan fingerprint density at radius 2 is 1.86 bits per heavy atom. The number of rotatable bonds is 8. The minimum absolute atomic E-state index is 0.0852. The number of ketones is 1. The van der Waals surface area contributed by atoms with E-state index in [0.717, 1.165) is 9.75 Å². The fourth-order valence-corrected chi connectivity index (χ4v) is 9.45. The molecule has 0 bridgehead atoms. The van der Waals surface area contributed by atoms with Crippen molar-refractivity contribution in [2.24, 2.45) is 35.9 Å². The van der Waals surface area contributed by atoms with E-state index in [4.69, 9.17) is 28.5 Å². The molecule has 5 heterocycles. The van der Waals surface area contributed by atoms with Crippen LogP contribution in [0.4, 0.5) is 4.79 Å². The van der Waals surface area contributed by atoms with E-state index in [9.17, 15) is 19.5 Å². The lowest BCUT2D eigenvalue weighted by Gasteiger charge is -2.47. The van der Waals surface area contributed by atoms with E-state index in [2.05, 4.69) is 37.7 Å². The molecule has 58 heavy (non-hydrogen) atoms. The smallest absolute Gasteiger partial charge is 0.408 e. The second-order valence-corrected chi connectivity index (χ2v) is 17.4. The van der Waals surface area contributed by atoms with Crippen LogP contribution >= 0.6 is 11.3 Å². The highest BCUT2D eigenvalue weighted by molar-refractivity contribution is 7.15. The maximum Gasteiger partial charge on any atom is 0.408 e. The quantitative estimate of drug-likeness (QED) is 0.169. The summed E-state index contributed by atoms with van der Waals surface area (Å²) >= 11 is 1.41. The van der Waals surface area contributed by atoms with Crippen LogP contribution in [0.25, 0.3) is 10.7 Å². The average Bonchev–Trinajstić information content (AvgIpc) is 3.91. The number of esters is 1.